The van der Waals surface area contributed by atoms with Crippen molar-refractivity contribution in [1.82, 2.24) is 9.80 Å². The molecular formula is C21H32N2O3. The molecule has 1 aliphatic rings. The smallest absolute Gasteiger partial charge is 0.254 e. The van der Waals surface area contributed by atoms with Crippen molar-refractivity contribution in [3.63, 3.8) is 0 Å². The minimum atomic E-state index is -0.694. The van der Waals surface area contributed by atoms with E-state index in [9.17, 15) is 14.7 Å². The molecule has 1 N–H and O–H groups in total. The molecule has 1 aromatic rings. The molecule has 0 spiro atoms. The highest BCUT2D eigenvalue weighted by molar-refractivity contribution is 5.98. The number of carbonyl (C=O) groups excluding carboxylic acids is 2. The first-order valence-electron chi connectivity index (χ1n) is 9.49. The van der Waals surface area contributed by atoms with Crippen LogP contribution in [0.2, 0.25) is 0 Å². The fourth-order valence-electron chi connectivity index (χ4n) is 3.26. The molecule has 0 aliphatic carbocycles. The average molecular weight is 360 g/mol. The monoisotopic (exact) mass is 360 g/mol. The third-order valence-electron chi connectivity index (χ3n) is 4.82. The lowest BCUT2D eigenvalue weighted by Crippen LogP contribution is -2.58. The van der Waals surface area contributed by atoms with Gasteiger partial charge in [0.2, 0.25) is 5.91 Å². The average Bonchev–Trinajstić information content (AvgIpc) is 2.56. The van der Waals surface area contributed by atoms with E-state index in [1.54, 1.807) is 18.7 Å². The van der Waals surface area contributed by atoms with Gasteiger partial charge in [-0.1, -0.05) is 26.0 Å². The van der Waals surface area contributed by atoms with E-state index >= 15 is 0 Å². The lowest BCUT2D eigenvalue weighted by atomic mass is 9.98. The number of amides is 2. The van der Waals surface area contributed by atoms with Crippen molar-refractivity contribution in [2.45, 2.75) is 59.1 Å². The van der Waals surface area contributed by atoms with Crippen LogP contribution < -0.4 is 0 Å². The van der Waals surface area contributed by atoms with Gasteiger partial charge in [-0.3, -0.25) is 9.59 Å². The fourth-order valence-corrected chi connectivity index (χ4v) is 3.26. The van der Waals surface area contributed by atoms with E-state index in [0.29, 0.717) is 31.0 Å². The topological polar surface area (TPSA) is 60.9 Å². The van der Waals surface area contributed by atoms with Gasteiger partial charge in [0.1, 0.15) is 6.04 Å². The molecule has 1 heterocycles. The molecule has 5 nitrogen and oxygen atoms in total. The second kappa shape index (κ2) is 8.21. The van der Waals surface area contributed by atoms with Crippen LogP contribution in [0.4, 0.5) is 0 Å². The molecule has 0 unspecified atom stereocenters. The molecule has 1 atom stereocenters. The summed E-state index contributed by atoms with van der Waals surface area (Å²) in [6.07, 6.45) is 1.43. The standard InChI is InChI=1S/C21H32N2O3/c1-15(2)14-22-12-13-23(16(3)19(22)24)20(25)18-8-6-17(7-9-18)10-11-21(4,5)26/h6-9,15-16,26H,10-14H2,1-5H3/t16-/m0/s1. The Hall–Kier alpha value is -1.88. The van der Waals surface area contributed by atoms with Crippen molar-refractivity contribution in [3.8, 4) is 0 Å². The van der Waals surface area contributed by atoms with Crippen LogP contribution in [0.3, 0.4) is 0 Å². The summed E-state index contributed by atoms with van der Waals surface area (Å²) in [5.74, 6) is 0.356. The van der Waals surface area contributed by atoms with E-state index in [2.05, 4.69) is 13.8 Å². The van der Waals surface area contributed by atoms with E-state index < -0.39 is 11.6 Å². The van der Waals surface area contributed by atoms with E-state index in [-0.39, 0.29) is 11.8 Å². The number of aliphatic hydroxyl groups is 1. The quantitative estimate of drug-likeness (QED) is 0.848. The van der Waals surface area contributed by atoms with Crippen molar-refractivity contribution in [2.75, 3.05) is 19.6 Å². The summed E-state index contributed by atoms with van der Waals surface area (Å²) in [6.45, 7) is 11.5. The molecule has 2 amide bonds. The van der Waals surface area contributed by atoms with Gasteiger partial charge < -0.3 is 14.9 Å². The maximum atomic E-state index is 12.8. The molecule has 0 aromatic heterocycles. The predicted octanol–water partition coefficient (Wildman–Crippen LogP) is 2.72. The minimum absolute atomic E-state index is 0.0279. The molecule has 0 radical (unpaired) electrons. The number of benzene rings is 1. The highest BCUT2D eigenvalue weighted by atomic mass is 16.3. The van der Waals surface area contributed by atoms with E-state index in [1.807, 2.05) is 36.1 Å². The largest absolute Gasteiger partial charge is 0.390 e. The molecule has 5 heteroatoms. The van der Waals surface area contributed by atoms with Gasteiger partial charge in [0, 0.05) is 25.2 Å². The number of nitrogens with zero attached hydrogens (tertiary/aromatic N) is 2. The second-order valence-corrected chi connectivity index (χ2v) is 8.36. The first-order valence-corrected chi connectivity index (χ1v) is 9.49. The van der Waals surface area contributed by atoms with Crippen LogP contribution in [0.15, 0.2) is 24.3 Å². The van der Waals surface area contributed by atoms with E-state index in [4.69, 9.17) is 0 Å². The third-order valence-corrected chi connectivity index (χ3v) is 4.82. The zero-order chi connectivity index (χ0) is 19.5. The summed E-state index contributed by atoms with van der Waals surface area (Å²) >= 11 is 0. The number of hydrogen-bond acceptors (Lipinski definition) is 3. The van der Waals surface area contributed by atoms with Crippen LogP contribution in [-0.2, 0) is 11.2 Å². The van der Waals surface area contributed by atoms with Gasteiger partial charge in [0.15, 0.2) is 0 Å². The Morgan fingerprint density at radius 1 is 1.23 bits per heavy atom. The molecule has 1 aromatic carbocycles. The Labute approximate surface area is 157 Å². The Bertz CT molecular complexity index is 632. The van der Waals surface area contributed by atoms with Crippen molar-refractivity contribution < 1.29 is 14.7 Å². The van der Waals surface area contributed by atoms with Crippen LogP contribution in [0.1, 0.15) is 57.0 Å². The summed E-state index contributed by atoms with van der Waals surface area (Å²) in [5, 5.41) is 9.83. The Balaban J connectivity index is 2.01. The lowest BCUT2D eigenvalue weighted by Gasteiger charge is -2.39. The third kappa shape index (κ3) is 5.31. The normalized spacial score (nSPS) is 18.6. The van der Waals surface area contributed by atoms with Crippen LogP contribution >= 0.6 is 0 Å². The van der Waals surface area contributed by atoms with Gasteiger partial charge in [-0.15, -0.1) is 0 Å². The number of hydrogen-bond donors (Lipinski definition) is 1. The Morgan fingerprint density at radius 3 is 2.38 bits per heavy atom. The highest BCUT2D eigenvalue weighted by Crippen LogP contribution is 2.18. The Kier molecular flexibility index (Phi) is 6.45. The first-order chi connectivity index (χ1) is 12.1. The molecular weight excluding hydrogens is 328 g/mol. The molecule has 1 aliphatic heterocycles. The molecule has 2 rings (SSSR count). The van der Waals surface area contributed by atoms with Gasteiger partial charge in [-0.25, -0.2) is 0 Å². The first kappa shape index (κ1) is 20.4. The summed E-state index contributed by atoms with van der Waals surface area (Å²) in [7, 11) is 0. The SMILES string of the molecule is CC(C)CN1CCN(C(=O)c2ccc(CCC(C)(C)O)cc2)[C@@H](C)C1=O. The number of piperazine rings is 1. The van der Waals surface area contributed by atoms with Crippen molar-refractivity contribution >= 4 is 11.8 Å². The zero-order valence-electron chi connectivity index (χ0n) is 16.7. The van der Waals surface area contributed by atoms with Gasteiger partial charge in [0.05, 0.1) is 5.60 Å². The summed E-state index contributed by atoms with van der Waals surface area (Å²) < 4.78 is 0. The molecule has 0 bridgehead atoms. The molecule has 144 valence electrons. The second-order valence-electron chi connectivity index (χ2n) is 8.36. The number of rotatable bonds is 6. The molecule has 1 saturated heterocycles. The fraction of sp³-hybridized carbons (Fsp3) is 0.619. The van der Waals surface area contributed by atoms with Crippen molar-refractivity contribution in [3.05, 3.63) is 35.4 Å². The molecule has 26 heavy (non-hydrogen) atoms. The number of carbonyl (C=O) groups is 2. The Morgan fingerprint density at radius 2 is 1.85 bits per heavy atom. The summed E-state index contributed by atoms with van der Waals surface area (Å²) in [4.78, 5) is 28.9. The van der Waals surface area contributed by atoms with Gasteiger partial charge >= 0.3 is 0 Å². The van der Waals surface area contributed by atoms with Crippen LogP contribution in [0.5, 0.6) is 0 Å². The minimum Gasteiger partial charge on any atom is -0.390 e. The lowest BCUT2D eigenvalue weighted by molar-refractivity contribution is -0.140. The van der Waals surface area contributed by atoms with Crippen molar-refractivity contribution in [2.24, 2.45) is 5.92 Å². The maximum Gasteiger partial charge on any atom is 0.254 e. The van der Waals surface area contributed by atoms with Gasteiger partial charge in [-0.2, -0.15) is 0 Å². The van der Waals surface area contributed by atoms with Gasteiger partial charge in [-0.05, 0) is 57.2 Å². The van der Waals surface area contributed by atoms with Crippen LogP contribution in [0.25, 0.3) is 0 Å². The summed E-state index contributed by atoms with van der Waals surface area (Å²) in [5.41, 5.74) is 1.00. The number of aryl methyl sites for hydroxylation is 1. The predicted molar refractivity (Wildman–Crippen MR) is 103 cm³/mol. The summed E-state index contributed by atoms with van der Waals surface area (Å²) in [6, 6.07) is 7.07. The van der Waals surface area contributed by atoms with E-state index in [0.717, 1.165) is 18.5 Å². The van der Waals surface area contributed by atoms with Crippen molar-refractivity contribution in [1.29, 1.82) is 0 Å². The van der Waals surface area contributed by atoms with Gasteiger partial charge in [0.25, 0.3) is 5.91 Å². The molecule has 1 fully saturated rings. The molecule has 0 saturated carbocycles. The highest BCUT2D eigenvalue weighted by Gasteiger charge is 2.34. The van der Waals surface area contributed by atoms with Crippen LogP contribution in [-0.4, -0.2) is 58.0 Å². The van der Waals surface area contributed by atoms with Crippen LogP contribution in [0, 0.1) is 5.92 Å². The van der Waals surface area contributed by atoms with E-state index in [1.165, 1.54) is 0 Å². The zero-order valence-corrected chi connectivity index (χ0v) is 16.7. The maximum absolute atomic E-state index is 12.8.